The average molecular weight is 260 g/mol. The van der Waals surface area contributed by atoms with E-state index >= 15 is 0 Å². The molecule has 1 N–H and O–H groups in total. The molecule has 0 unspecified atom stereocenters. The summed E-state index contributed by atoms with van der Waals surface area (Å²) in [6, 6.07) is 9.27. The minimum absolute atomic E-state index is 0.0760. The van der Waals surface area contributed by atoms with Gasteiger partial charge in [-0.05, 0) is 31.2 Å². The van der Waals surface area contributed by atoms with E-state index in [-0.39, 0.29) is 5.56 Å². The fraction of sp³-hybridized carbons (Fsp3) is 0.133. The Labute approximate surface area is 110 Å². The zero-order chi connectivity index (χ0) is 14.0. The molecule has 19 heavy (non-hydrogen) atoms. The van der Waals surface area contributed by atoms with Crippen molar-refractivity contribution < 1.29 is 19.0 Å². The van der Waals surface area contributed by atoms with E-state index in [0.29, 0.717) is 16.9 Å². The summed E-state index contributed by atoms with van der Waals surface area (Å²) in [4.78, 5) is 10.8. The van der Waals surface area contributed by atoms with Crippen LogP contribution in [0.1, 0.15) is 15.9 Å². The third-order valence-corrected chi connectivity index (χ3v) is 2.86. The molecule has 0 aromatic heterocycles. The second kappa shape index (κ2) is 5.10. The third-order valence-electron chi connectivity index (χ3n) is 2.86. The predicted octanol–water partition coefficient (Wildman–Crippen LogP) is 3.51. The Kier molecular flexibility index (Phi) is 3.51. The molecule has 0 saturated heterocycles. The van der Waals surface area contributed by atoms with Crippen molar-refractivity contribution in [2.75, 3.05) is 7.11 Å². The molecular formula is C15H13FO3. The second-order valence-electron chi connectivity index (χ2n) is 4.20. The summed E-state index contributed by atoms with van der Waals surface area (Å²) in [5, 5.41) is 8.82. The molecule has 0 saturated carbocycles. The molecule has 3 nitrogen and oxygen atoms in total. The third kappa shape index (κ3) is 2.57. The van der Waals surface area contributed by atoms with Gasteiger partial charge in [-0.2, -0.15) is 0 Å². The van der Waals surface area contributed by atoms with Crippen LogP contribution in [0.4, 0.5) is 4.39 Å². The molecule has 98 valence electrons. The Morgan fingerprint density at radius 3 is 2.47 bits per heavy atom. The van der Waals surface area contributed by atoms with E-state index in [1.807, 2.05) is 13.0 Å². The Bertz CT molecular complexity index is 635. The highest BCUT2D eigenvalue weighted by atomic mass is 19.1. The van der Waals surface area contributed by atoms with Gasteiger partial charge >= 0.3 is 5.97 Å². The van der Waals surface area contributed by atoms with Crippen molar-refractivity contribution in [1.29, 1.82) is 0 Å². The van der Waals surface area contributed by atoms with E-state index in [2.05, 4.69) is 0 Å². The highest BCUT2D eigenvalue weighted by Gasteiger charge is 2.13. The first-order valence-corrected chi connectivity index (χ1v) is 5.71. The Balaban J connectivity index is 2.59. The van der Waals surface area contributed by atoms with Crippen LogP contribution in [-0.4, -0.2) is 18.2 Å². The number of carboxylic acids is 1. The van der Waals surface area contributed by atoms with Crippen molar-refractivity contribution in [1.82, 2.24) is 0 Å². The van der Waals surface area contributed by atoms with Gasteiger partial charge in [0.25, 0.3) is 0 Å². The molecule has 0 aliphatic heterocycles. The molecular weight excluding hydrogens is 247 g/mol. The van der Waals surface area contributed by atoms with Crippen molar-refractivity contribution in [3.8, 4) is 16.9 Å². The van der Waals surface area contributed by atoms with E-state index < -0.39 is 11.8 Å². The maximum absolute atomic E-state index is 14.0. The number of carboxylic acid groups (broad SMARTS) is 1. The fourth-order valence-corrected chi connectivity index (χ4v) is 1.90. The van der Waals surface area contributed by atoms with Crippen LogP contribution in [0, 0.1) is 12.7 Å². The van der Waals surface area contributed by atoms with Gasteiger partial charge in [0.1, 0.15) is 11.6 Å². The second-order valence-corrected chi connectivity index (χ2v) is 4.20. The lowest BCUT2D eigenvalue weighted by Gasteiger charge is -2.11. The zero-order valence-corrected chi connectivity index (χ0v) is 10.6. The number of aromatic carboxylic acids is 1. The maximum Gasteiger partial charge on any atom is 0.335 e. The molecule has 4 heteroatoms. The van der Waals surface area contributed by atoms with E-state index in [0.717, 1.165) is 11.6 Å². The monoisotopic (exact) mass is 260 g/mol. The first-order chi connectivity index (χ1) is 9.02. The average Bonchev–Trinajstić information content (AvgIpc) is 2.38. The summed E-state index contributed by atoms with van der Waals surface area (Å²) in [6.07, 6.45) is 0. The number of carbonyl (C=O) groups is 1. The molecule has 0 radical (unpaired) electrons. The largest absolute Gasteiger partial charge is 0.496 e. The number of benzene rings is 2. The molecule has 2 aromatic carbocycles. The van der Waals surface area contributed by atoms with Crippen LogP contribution in [-0.2, 0) is 0 Å². The van der Waals surface area contributed by atoms with Crippen molar-refractivity contribution >= 4 is 5.97 Å². The molecule has 0 fully saturated rings. The van der Waals surface area contributed by atoms with Crippen molar-refractivity contribution in [2.45, 2.75) is 6.92 Å². The Morgan fingerprint density at radius 1 is 1.16 bits per heavy atom. The molecule has 0 atom stereocenters. The Hall–Kier alpha value is -2.36. The number of rotatable bonds is 3. The van der Waals surface area contributed by atoms with E-state index in [1.165, 1.54) is 19.2 Å². The summed E-state index contributed by atoms with van der Waals surface area (Å²) < 4.78 is 19.2. The number of methoxy groups -OCH3 is 1. The van der Waals surface area contributed by atoms with Gasteiger partial charge in [-0.15, -0.1) is 0 Å². The van der Waals surface area contributed by atoms with Gasteiger partial charge in [-0.1, -0.05) is 17.7 Å². The zero-order valence-electron chi connectivity index (χ0n) is 10.6. The quantitative estimate of drug-likeness (QED) is 0.918. The highest BCUT2D eigenvalue weighted by Crippen LogP contribution is 2.32. The molecule has 0 spiro atoms. The number of aryl methyl sites for hydroxylation is 1. The van der Waals surface area contributed by atoms with Crippen LogP contribution in [0.5, 0.6) is 5.75 Å². The fourth-order valence-electron chi connectivity index (χ4n) is 1.90. The number of hydrogen-bond donors (Lipinski definition) is 1. The number of halogens is 1. The van der Waals surface area contributed by atoms with Gasteiger partial charge in [0.05, 0.1) is 12.7 Å². The van der Waals surface area contributed by atoms with Gasteiger partial charge in [-0.3, -0.25) is 0 Å². The minimum atomic E-state index is -1.15. The summed E-state index contributed by atoms with van der Waals surface area (Å²) >= 11 is 0. The standard InChI is InChI=1S/C15H13FO3/c1-9-3-6-14(19-2)12(7-9)11-5-4-10(15(17)18)8-13(11)16/h3-8H,1-2H3,(H,17,18). The van der Waals surface area contributed by atoms with Crippen molar-refractivity contribution in [3.05, 3.63) is 53.3 Å². The smallest absolute Gasteiger partial charge is 0.335 e. The summed E-state index contributed by atoms with van der Waals surface area (Å²) in [6.45, 7) is 1.90. The van der Waals surface area contributed by atoms with E-state index in [4.69, 9.17) is 9.84 Å². The number of ether oxygens (including phenoxy) is 1. The first-order valence-electron chi connectivity index (χ1n) is 5.71. The van der Waals surface area contributed by atoms with Crippen molar-refractivity contribution in [2.24, 2.45) is 0 Å². The molecule has 0 bridgehead atoms. The molecule has 0 aliphatic carbocycles. The van der Waals surface area contributed by atoms with Crippen LogP contribution in [0.2, 0.25) is 0 Å². The van der Waals surface area contributed by atoms with Gasteiger partial charge < -0.3 is 9.84 Å². The first kappa shape index (κ1) is 13.1. The highest BCUT2D eigenvalue weighted by molar-refractivity contribution is 5.88. The molecule has 0 heterocycles. The van der Waals surface area contributed by atoms with Crippen LogP contribution in [0.3, 0.4) is 0 Å². The van der Waals surface area contributed by atoms with Crippen molar-refractivity contribution in [3.63, 3.8) is 0 Å². The van der Waals surface area contributed by atoms with Crippen LogP contribution in [0.15, 0.2) is 36.4 Å². The lowest BCUT2D eigenvalue weighted by Crippen LogP contribution is -1.98. The van der Waals surface area contributed by atoms with Crippen LogP contribution >= 0.6 is 0 Å². The van der Waals surface area contributed by atoms with Gasteiger partial charge in [-0.25, -0.2) is 9.18 Å². The molecule has 2 aromatic rings. The SMILES string of the molecule is COc1ccc(C)cc1-c1ccc(C(=O)O)cc1F. The topological polar surface area (TPSA) is 46.5 Å². The summed E-state index contributed by atoms with van der Waals surface area (Å²) in [5.41, 5.74) is 1.83. The molecule has 0 aliphatic rings. The summed E-state index contributed by atoms with van der Waals surface area (Å²) in [5.74, 6) is -1.18. The van der Waals surface area contributed by atoms with Gasteiger partial charge in [0, 0.05) is 11.1 Å². The van der Waals surface area contributed by atoms with Gasteiger partial charge in [0.15, 0.2) is 0 Å². The van der Waals surface area contributed by atoms with Crippen LogP contribution < -0.4 is 4.74 Å². The Morgan fingerprint density at radius 2 is 1.89 bits per heavy atom. The predicted molar refractivity (Wildman–Crippen MR) is 70.1 cm³/mol. The summed E-state index contributed by atoms with van der Waals surface area (Å²) in [7, 11) is 1.51. The lowest BCUT2D eigenvalue weighted by molar-refractivity contribution is 0.0696. The van der Waals surface area contributed by atoms with Gasteiger partial charge in [0.2, 0.25) is 0 Å². The maximum atomic E-state index is 14.0. The van der Waals surface area contributed by atoms with Crippen LogP contribution in [0.25, 0.3) is 11.1 Å². The minimum Gasteiger partial charge on any atom is -0.496 e. The van der Waals surface area contributed by atoms with E-state index in [1.54, 1.807) is 12.1 Å². The molecule has 0 amide bonds. The lowest BCUT2D eigenvalue weighted by atomic mass is 10.0. The number of hydrogen-bond acceptors (Lipinski definition) is 2. The van der Waals surface area contributed by atoms with E-state index in [9.17, 15) is 9.18 Å². The molecule has 2 rings (SSSR count). The normalized spacial score (nSPS) is 10.3.